The maximum absolute atomic E-state index is 3.74. The first kappa shape index (κ1) is 10.1. The van der Waals surface area contributed by atoms with Crippen molar-refractivity contribution >= 4 is 0 Å². The van der Waals surface area contributed by atoms with Gasteiger partial charge in [0, 0.05) is 32.7 Å². The molecule has 0 bridgehead atoms. The van der Waals surface area contributed by atoms with Crippen molar-refractivity contribution in [1.29, 1.82) is 0 Å². The van der Waals surface area contributed by atoms with Crippen LogP contribution in [0.25, 0.3) is 5.32 Å². The second-order valence-corrected chi connectivity index (χ2v) is 0.828. The van der Waals surface area contributed by atoms with E-state index in [0.717, 1.165) is 6.67 Å². The van der Waals surface area contributed by atoms with E-state index >= 15 is 0 Å². The topological polar surface area (TPSA) is 26.1 Å². The Morgan fingerprint density at radius 3 is 2.17 bits per heavy atom. The van der Waals surface area contributed by atoms with Crippen molar-refractivity contribution < 1.29 is 32.7 Å². The van der Waals surface area contributed by atoms with E-state index in [1.165, 1.54) is 0 Å². The molecule has 0 rings (SSSR count). The minimum atomic E-state index is 0. The van der Waals surface area contributed by atoms with Crippen LogP contribution in [0.2, 0.25) is 0 Å². The molecule has 0 amide bonds. The first-order valence-electron chi connectivity index (χ1n) is 1.62. The Bertz CT molecular complexity index is 16.3. The molecule has 0 saturated heterocycles. The summed E-state index contributed by atoms with van der Waals surface area (Å²) < 4.78 is 0. The number of nitrogens with one attached hydrogen (secondary N) is 1. The van der Waals surface area contributed by atoms with Gasteiger partial charge in [-0.1, -0.05) is 6.67 Å². The van der Waals surface area contributed by atoms with Crippen LogP contribution in [0.1, 0.15) is 0 Å². The summed E-state index contributed by atoms with van der Waals surface area (Å²) in [5.74, 6) is 0. The van der Waals surface area contributed by atoms with Gasteiger partial charge in [0.1, 0.15) is 0 Å². The zero-order valence-electron chi connectivity index (χ0n) is 4.23. The molecule has 0 aromatic carbocycles. The van der Waals surface area contributed by atoms with Crippen LogP contribution < -0.4 is 5.32 Å². The molecule has 3 heteroatoms. The molecule has 6 heavy (non-hydrogen) atoms. The van der Waals surface area contributed by atoms with E-state index in [2.05, 4.69) is 10.6 Å². The largest absolute Gasteiger partial charge is 0.653 e. The second kappa shape index (κ2) is 9.39. The van der Waals surface area contributed by atoms with Crippen molar-refractivity contribution in [2.75, 3.05) is 20.8 Å². The van der Waals surface area contributed by atoms with Crippen LogP contribution in [0.5, 0.6) is 0 Å². The first-order chi connectivity index (χ1) is 2.41. The summed E-state index contributed by atoms with van der Waals surface area (Å²) in [6.07, 6.45) is 0. The molecule has 0 aliphatic heterocycles. The van der Waals surface area contributed by atoms with Crippen LogP contribution in [0.4, 0.5) is 0 Å². The average Bonchev–Trinajstić information content (AvgIpc) is 1.41. The van der Waals surface area contributed by atoms with Gasteiger partial charge in [0.25, 0.3) is 0 Å². The molecule has 0 atom stereocenters. The van der Waals surface area contributed by atoms with Crippen LogP contribution >= 0.6 is 0 Å². The number of rotatable bonds is 2. The fraction of sp³-hybridized carbons (Fsp3) is 1.00. The van der Waals surface area contributed by atoms with Crippen molar-refractivity contribution in [2.45, 2.75) is 0 Å². The monoisotopic (exact) mass is 162 g/mol. The van der Waals surface area contributed by atoms with E-state index < -0.39 is 0 Å². The van der Waals surface area contributed by atoms with E-state index in [4.69, 9.17) is 0 Å². The summed E-state index contributed by atoms with van der Waals surface area (Å²) in [7, 11) is 3.64. The molecule has 0 fully saturated rings. The maximum atomic E-state index is 3.74. The van der Waals surface area contributed by atoms with Crippen LogP contribution in [0.3, 0.4) is 0 Å². The molecule has 0 saturated carbocycles. The fourth-order valence-electron chi connectivity index (χ4n) is 0.158. The van der Waals surface area contributed by atoms with Crippen LogP contribution in [-0.4, -0.2) is 20.8 Å². The second-order valence-electron chi connectivity index (χ2n) is 0.828. The third kappa shape index (κ3) is 8.90. The Balaban J connectivity index is 0. The molecule has 0 aliphatic carbocycles. The van der Waals surface area contributed by atoms with E-state index in [0.29, 0.717) is 0 Å². The normalized spacial score (nSPS) is 7.00. The third-order valence-corrected chi connectivity index (χ3v) is 0.316. The van der Waals surface area contributed by atoms with Gasteiger partial charge < -0.3 is 10.6 Å². The van der Waals surface area contributed by atoms with Gasteiger partial charge in [-0.3, -0.25) is 0 Å². The van der Waals surface area contributed by atoms with Crippen molar-refractivity contribution in [3.05, 3.63) is 5.32 Å². The summed E-state index contributed by atoms with van der Waals surface area (Å²) in [5.41, 5.74) is 0. The Morgan fingerprint density at radius 1 is 1.67 bits per heavy atom. The Morgan fingerprint density at radius 2 is 2.17 bits per heavy atom. The van der Waals surface area contributed by atoms with Gasteiger partial charge in [-0.2, -0.15) is 7.05 Å². The van der Waals surface area contributed by atoms with Crippen molar-refractivity contribution in [1.82, 2.24) is 5.32 Å². The summed E-state index contributed by atoms with van der Waals surface area (Å²) in [5, 5.41) is 6.59. The van der Waals surface area contributed by atoms with Crippen molar-refractivity contribution in [3.8, 4) is 0 Å². The summed E-state index contributed by atoms with van der Waals surface area (Å²) in [6, 6.07) is 0. The standard InChI is InChI=1S/C3H9N2.Y/c1-4-3-5-2;/h4H,3H2,1-2H3;/q-1;. The smallest absolute Gasteiger partial charge is 0 e. The molecule has 0 spiro atoms. The molecule has 1 N–H and O–H groups in total. The summed E-state index contributed by atoms with van der Waals surface area (Å²) in [6.45, 7) is 0.764. The summed E-state index contributed by atoms with van der Waals surface area (Å²) in [4.78, 5) is 0. The van der Waals surface area contributed by atoms with Gasteiger partial charge in [0.15, 0.2) is 0 Å². The van der Waals surface area contributed by atoms with Gasteiger partial charge in [-0.15, -0.1) is 0 Å². The van der Waals surface area contributed by atoms with E-state index in [-0.39, 0.29) is 32.7 Å². The fourth-order valence-corrected chi connectivity index (χ4v) is 0.158. The molecule has 0 heterocycles. The van der Waals surface area contributed by atoms with Gasteiger partial charge in [0.05, 0.1) is 0 Å². The molecule has 35 valence electrons. The van der Waals surface area contributed by atoms with Gasteiger partial charge >= 0.3 is 0 Å². The zero-order chi connectivity index (χ0) is 4.12. The molecule has 2 nitrogen and oxygen atoms in total. The first-order valence-corrected chi connectivity index (χ1v) is 1.62. The molecule has 0 aromatic heterocycles. The maximum Gasteiger partial charge on any atom is 0 e. The molecule has 1 radical (unpaired) electrons. The van der Waals surface area contributed by atoms with Crippen molar-refractivity contribution in [2.24, 2.45) is 0 Å². The molecule has 0 aliphatic rings. The molecular formula is C3H9N2Y-. The SMILES string of the molecule is C[N-]CNC.[Y]. The average molecular weight is 162 g/mol. The van der Waals surface area contributed by atoms with E-state index in [9.17, 15) is 0 Å². The molecule has 0 aromatic rings. The van der Waals surface area contributed by atoms with E-state index in [1.807, 2.05) is 7.05 Å². The third-order valence-electron chi connectivity index (χ3n) is 0.316. The molecular weight excluding hydrogens is 153 g/mol. The van der Waals surface area contributed by atoms with E-state index in [1.54, 1.807) is 7.05 Å². The van der Waals surface area contributed by atoms with Gasteiger partial charge in [-0.05, 0) is 7.05 Å². The molecule has 0 unspecified atom stereocenters. The van der Waals surface area contributed by atoms with Crippen LogP contribution in [0, 0.1) is 0 Å². The predicted octanol–water partition coefficient (Wildman–Crippen LogP) is 0.164. The summed E-state index contributed by atoms with van der Waals surface area (Å²) >= 11 is 0. The quantitative estimate of drug-likeness (QED) is 0.615. The Hall–Kier alpha value is 1.02. The van der Waals surface area contributed by atoms with Gasteiger partial charge in [-0.25, -0.2) is 0 Å². The number of hydrogen-bond acceptors (Lipinski definition) is 1. The zero-order valence-corrected chi connectivity index (χ0v) is 7.07. The Labute approximate surface area is 64.0 Å². The minimum absolute atomic E-state index is 0. The van der Waals surface area contributed by atoms with Crippen LogP contribution in [0.15, 0.2) is 0 Å². The van der Waals surface area contributed by atoms with Crippen molar-refractivity contribution in [3.63, 3.8) is 0 Å². The van der Waals surface area contributed by atoms with Gasteiger partial charge in [0.2, 0.25) is 0 Å². The predicted molar refractivity (Wildman–Crippen MR) is 23.2 cm³/mol. The number of nitrogens with zero attached hydrogens (tertiary/aromatic N) is 1. The van der Waals surface area contributed by atoms with Crippen LogP contribution in [-0.2, 0) is 32.7 Å². The number of hydrogen-bond donors (Lipinski definition) is 1. The Kier molecular flexibility index (Phi) is 15.8. The minimum Gasteiger partial charge on any atom is -0.653 e.